The number of nitrogens with zero attached hydrogens (tertiary/aromatic N) is 3. The van der Waals surface area contributed by atoms with Gasteiger partial charge in [-0.3, -0.25) is 4.79 Å². The van der Waals surface area contributed by atoms with Gasteiger partial charge in [0, 0.05) is 17.1 Å². The van der Waals surface area contributed by atoms with Crippen molar-refractivity contribution in [2.24, 2.45) is 0 Å². The van der Waals surface area contributed by atoms with Crippen LogP contribution in [-0.4, -0.2) is 42.0 Å². The molecule has 0 saturated carbocycles. The molecular formula is C30H31N5O4S. The number of allylic oxidation sites excluding steroid dienone is 1. The number of hydrogen-bond acceptors (Lipinski definition) is 8. The molecule has 0 aliphatic carbocycles. The van der Waals surface area contributed by atoms with Crippen LogP contribution in [-0.2, 0) is 10.5 Å². The summed E-state index contributed by atoms with van der Waals surface area (Å²) in [5.74, 6) is 2.89. The average molecular weight is 558 g/mol. The number of aromatic nitrogens is 3. The molecule has 206 valence electrons. The Bertz CT molecular complexity index is 1560. The maximum atomic E-state index is 13.8. The van der Waals surface area contributed by atoms with Crippen LogP contribution in [0.3, 0.4) is 0 Å². The predicted molar refractivity (Wildman–Crippen MR) is 156 cm³/mol. The third-order valence-corrected chi connectivity index (χ3v) is 7.51. The predicted octanol–water partition coefficient (Wildman–Crippen LogP) is 5.83. The van der Waals surface area contributed by atoms with Gasteiger partial charge in [0.15, 0.2) is 11.5 Å². The third kappa shape index (κ3) is 5.62. The molecular weight excluding hydrogens is 526 g/mol. The average Bonchev–Trinajstić information content (AvgIpc) is 3.37. The Kier molecular flexibility index (Phi) is 7.97. The summed E-state index contributed by atoms with van der Waals surface area (Å²) < 4.78 is 18.0. The number of carbonyl (C=O) groups excluding carboxylic acids is 1. The molecule has 3 aromatic carbocycles. The van der Waals surface area contributed by atoms with Crippen molar-refractivity contribution in [3.05, 3.63) is 94.7 Å². The van der Waals surface area contributed by atoms with Crippen molar-refractivity contribution in [2.45, 2.75) is 30.8 Å². The monoisotopic (exact) mass is 557 g/mol. The van der Waals surface area contributed by atoms with Crippen LogP contribution in [0.25, 0.3) is 0 Å². The third-order valence-electron chi connectivity index (χ3n) is 6.60. The molecule has 2 N–H and O–H groups in total. The van der Waals surface area contributed by atoms with E-state index in [0.717, 1.165) is 11.3 Å². The number of aryl methyl sites for hydroxylation is 1. The summed E-state index contributed by atoms with van der Waals surface area (Å²) in [5, 5.41) is 11.8. The Balaban J connectivity index is 1.51. The van der Waals surface area contributed by atoms with Gasteiger partial charge in [0.05, 0.1) is 26.9 Å². The summed E-state index contributed by atoms with van der Waals surface area (Å²) in [6.07, 6.45) is 0. The fraction of sp³-hybridized carbons (Fsp3) is 0.233. The van der Waals surface area contributed by atoms with E-state index in [1.54, 1.807) is 62.0 Å². The van der Waals surface area contributed by atoms with Crippen LogP contribution in [0.4, 0.5) is 11.6 Å². The molecule has 1 amide bonds. The van der Waals surface area contributed by atoms with E-state index in [1.807, 2.05) is 31.2 Å². The van der Waals surface area contributed by atoms with Gasteiger partial charge < -0.3 is 24.8 Å². The summed E-state index contributed by atoms with van der Waals surface area (Å²) in [5.41, 5.74) is 5.04. The number of methoxy groups -OCH3 is 3. The Labute approximate surface area is 237 Å². The van der Waals surface area contributed by atoms with Crippen LogP contribution in [0.5, 0.6) is 17.2 Å². The number of rotatable bonds is 9. The van der Waals surface area contributed by atoms with Crippen LogP contribution >= 0.6 is 11.8 Å². The molecule has 0 spiro atoms. The molecule has 1 aliphatic heterocycles. The Hall–Kier alpha value is -4.44. The van der Waals surface area contributed by atoms with Crippen LogP contribution in [0.15, 0.2) is 83.2 Å². The lowest BCUT2D eigenvalue weighted by Gasteiger charge is -2.29. The van der Waals surface area contributed by atoms with Gasteiger partial charge in [0.25, 0.3) is 5.91 Å². The number of amides is 1. The normalized spacial score (nSPS) is 14.3. The second-order valence-electron chi connectivity index (χ2n) is 9.30. The fourth-order valence-corrected chi connectivity index (χ4v) is 5.41. The zero-order valence-electron chi connectivity index (χ0n) is 23.0. The fourth-order valence-electron chi connectivity index (χ4n) is 4.64. The highest BCUT2D eigenvalue weighted by atomic mass is 32.2. The number of anilines is 2. The number of ether oxygens (including phenoxy) is 3. The quantitative estimate of drug-likeness (QED) is 0.248. The summed E-state index contributed by atoms with van der Waals surface area (Å²) in [4.78, 5) is 18.5. The molecule has 4 aromatic rings. The lowest BCUT2D eigenvalue weighted by Crippen LogP contribution is -2.31. The zero-order valence-corrected chi connectivity index (χ0v) is 23.8. The van der Waals surface area contributed by atoms with Gasteiger partial charge in [-0.2, -0.15) is 4.98 Å². The lowest BCUT2D eigenvalue weighted by molar-refractivity contribution is -0.113. The number of benzene rings is 3. The van der Waals surface area contributed by atoms with Gasteiger partial charge >= 0.3 is 0 Å². The molecule has 40 heavy (non-hydrogen) atoms. The summed E-state index contributed by atoms with van der Waals surface area (Å²) in [6, 6.07) is 20.6. The highest BCUT2D eigenvalue weighted by Gasteiger charge is 2.35. The highest BCUT2D eigenvalue weighted by Crippen LogP contribution is 2.40. The van der Waals surface area contributed by atoms with Crippen molar-refractivity contribution >= 4 is 29.3 Å². The van der Waals surface area contributed by atoms with Gasteiger partial charge in [0.2, 0.25) is 11.1 Å². The Morgan fingerprint density at radius 1 is 0.975 bits per heavy atom. The minimum Gasteiger partial charge on any atom is -0.497 e. The first-order valence-electron chi connectivity index (χ1n) is 12.7. The van der Waals surface area contributed by atoms with Crippen molar-refractivity contribution in [2.75, 3.05) is 32.0 Å². The number of fused-ring (bicyclic) bond motifs is 1. The van der Waals surface area contributed by atoms with Crippen molar-refractivity contribution in [1.82, 2.24) is 14.8 Å². The van der Waals surface area contributed by atoms with Gasteiger partial charge in [0.1, 0.15) is 11.8 Å². The molecule has 0 radical (unpaired) electrons. The molecule has 10 heteroatoms. The van der Waals surface area contributed by atoms with E-state index in [1.165, 1.54) is 11.1 Å². The van der Waals surface area contributed by atoms with Crippen molar-refractivity contribution < 1.29 is 19.0 Å². The van der Waals surface area contributed by atoms with Gasteiger partial charge in [-0.25, -0.2) is 4.68 Å². The standard InChI is InChI=1S/C30H31N5O4S/c1-18-7-6-8-20(15-18)17-40-30-33-29-31-19(2)26(28(36)32-22-10-12-23(37-3)13-11-22)27(35(29)34-30)21-9-14-24(38-4)25(16-21)39-5/h6-16,27H,17H2,1-5H3,(H,32,36)(H,31,33,34)/t27-/m0/s1. The highest BCUT2D eigenvalue weighted by molar-refractivity contribution is 7.98. The Morgan fingerprint density at radius 3 is 2.45 bits per heavy atom. The van der Waals surface area contributed by atoms with E-state index < -0.39 is 6.04 Å². The van der Waals surface area contributed by atoms with E-state index in [9.17, 15) is 4.79 Å². The largest absolute Gasteiger partial charge is 0.497 e. The molecule has 9 nitrogen and oxygen atoms in total. The zero-order chi connectivity index (χ0) is 28.2. The second kappa shape index (κ2) is 11.7. The SMILES string of the molecule is COc1ccc(NC(=O)C2=C(C)Nc3nc(SCc4cccc(C)c4)nn3[C@H]2c2ccc(OC)c(OC)c2)cc1. The van der Waals surface area contributed by atoms with Crippen molar-refractivity contribution in [3.8, 4) is 17.2 Å². The number of carbonyl (C=O) groups is 1. The number of hydrogen-bond donors (Lipinski definition) is 2. The number of thioether (sulfide) groups is 1. The maximum absolute atomic E-state index is 13.8. The molecule has 1 aromatic heterocycles. The summed E-state index contributed by atoms with van der Waals surface area (Å²) in [6.45, 7) is 3.95. The van der Waals surface area contributed by atoms with Crippen molar-refractivity contribution in [3.63, 3.8) is 0 Å². The summed E-state index contributed by atoms with van der Waals surface area (Å²) in [7, 11) is 4.78. The molecule has 1 atom stereocenters. The molecule has 2 heterocycles. The van der Waals surface area contributed by atoms with E-state index >= 15 is 0 Å². The summed E-state index contributed by atoms with van der Waals surface area (Å²) >= 11 is 1.54. The molecule has 0 saturated heterocycles. The molecule has 5 rings (SSSR count). The topological polar surface area (TPSA) is 99.5 Å². The van der Waals surface area contributed by atoms with E-state index in [4.69, 9.17) is 24.3 Å². The van der Waals surface area contributed by atoms with Crippen LogP contribution in [0, 0.1) is 6.92 Å². The van der Waals surface area contributed by atoms with Gasteiger partial charge in [-0.05, 0) is 61.4 Å². The van der Waals surface area contributed by atoms with Crippen LogP contribution in [0.2, 0.25) is 0 Å². The maximum Gasteiger partial charge on any atom is 0.255 e. The first-order valence-corrected chi connectivity index (χ1v) is 13.7. The first-order chi connectivity index (χ1) is 19.4. The lowest BCUT2D eigenvalue weighted by atomic mass is 9.94. The minimum absolute atomic E-state index is 0.259. The van der Waals surface area contributed by atoms with Crippen LogP contribution < -0.4 is 24.8 Å². The molecule has 0 fully saturated rings. The van der Waals surface area contributed by atoms with Crippen molar-refractivity contribution in [1.29, 1.82) is 0 Å². The molecule has 0 bridgehead atoms. The van der Waals surface area contributed by atoms with E-state index in [0.29, 0.717) is 45.3 Å². The number of nitrogens with one attached hydrogen (secondary N) is 2. The van der Waals surface area contributed by atoms with Crippen LogP contribution in [0.1, 0.15) is 29.7 Å². The van der Waals surface area contributed by atoms with Gasteiger partial charge in [-0.1, -0.05) is 47.7 Å². The van der Waals surface area contributed by atoms with Gasteiger partial charge in [-0.15, -0.1) is 5.10 Å². The second-order valence-corrected chi connectivity index (χ2v) is 10.2. The minimum atomic E-state index is -0.560. The Morgan fingerprint density at radius 2 is 1.75 bits per heavy atom. The molecule has 1 aliphatic rings. The molecule has 0 unspecified atom stereocenters. The van der Waals surface area contributed by atoms with E-state index in [2.05, 4.69) is 35.8 Å². The first kappa shape index (κ1) is 27.1. The van der Waals surface area contributed by atoms with E-state index in [-0.39, 0.29) is 5.91 Å². The smallest absolute Gasteiger partial charge is 0.255 e.